The fourth-order valence-corrected chi connectivity index (χ4v) is 1.25. The Bertz CT molecular complexity index is 572. The Hall–Kier alpha value is -2.55. The van der Waals surface area contributed by atoms with Crippen LogP contribution in [0.5, 0.6) is 0 Å². The molecule has 84 valence electrons. The van der Waals surface area contributed by atoms with Gasteiger partial charge in [0.25, 0.3) is 0 Å². The Morgan fingerprint density at radius 1 is 1.18 bits per heavy atom. The number of aromatic nitrogens is 2. The van der Waals surface area contributed by atoms with E-state index in [2.05, 4.69) is 15.5 Å². The van der Waals surface area contributed by atoms with Crippen LogP contribution in [0.2, 0.25) is 0 Å². The molecule has 4 nitrogen and oxygen atoms in total. The zero-order valence-electron chi connectivity index (χ0n) is 8.48. The summed E-state index contributed by atoms with van der Waals surface area (Å²) in [5, 5.41) is 18.4. The van der Waals surface area contributed by atoms with Gasteiger partial charge in [0.1, 0.15) is 23.4 Å². The van der Waals surface area contributed by atoms with Crippen molar-refractivity contribution in [1.82, 2.24) is 10.2 Å². The maximum Gasteiger partial charge on any atom is 0.171 e. The van der Waals surface area contributed by atoms with Crippen molar-refractivity contribution in [3.8, 4) is 6.07 Å². The number of para-hydroxylation sites is 1. The first-order chi connectivity index (χ1) is 8.22. The number of benzene rings is 1. The average Bonchev–Trinajstić information content (AvgIpc) is 2.34. The summed E-state index contributed by atoms with van der Waals surface area (Å²) in [5.41, 5.74) is -0.202. The monoisotopic (exact) mass is 232 g/mol. The third kappa shape index (κ3) is 2.18. The van der Waals surface area contributed by atoms with Gasteiger partial charge in [-0.3, -0.25) is 0 Å². The first kappa shape index (κ1) is 11.0. The van der Waals surface area contributed by atoms with E-state index in [1.54, 1.807) is 0 Å². The SMILES string of the molecule is N#Cc1ccnnc1Nc1c(F)cccc1F. The topological polar surface area (TPSA) is 61.6 Å². The summed E-state index contributed by atoms with van der Waals surface area (Å²) in [7, 11) is 0. The van der Waals surface area contributed by atoms with E-state index in [-0.39, 0.29) is 17.1 Å². The van der Waals surface area contributed by atoms with Crippen LogP contribution in [0, 0.1) is 23.0 Å². The van der Waals surface area contributed by atoms with Crippen LogP contribution in [0.25, 0.3) is 0 Å². The van der Waals surface area contributed by atoms with E-state index in [0.717, 1.165) is 12.1 Å². The summed E-state index contributed by atoms with van der Waals surface area (Å²) in [4.78, 5) is 0. The van der Waals surface area contributed by atoms with Crippen LogP contribution in [0.15, 0.2) is 30.5 Å². The lowest BCUT2D eigenvalue weighted by Gasteiger charge is -2.07. The Kier molecular flexibility index (Phi) is 2.92. The number of anilines is 2. The largest absolute Gasteiger partial charge is 0.333 e. The van der Waals surface area contributed by atoms with Crippen molar-refractivity contribution in [3.05, 3.63) is 47.7 Å². The van der Waals surface area contributed by atoms with Crippen LogP contribution < -0.4 is 5.32 Å². The Morgan fingerprint density at radius 3 is 2.53 bits per heavy atom. The molecule has 1 heterocycles. The molecular formula is C11H6F2N4. The first-order valence-corrected chi connectivity index (χ1v) is 4.65. The molecule has 2 rings (SSSR count). The highest BCUT2D eigenvalue weighted by molar-refractivity contribution is 5.62. The number of hydrogen-bond donors (Lipinski definition) is 1. The molecule has 0 aliphatic rings. The van der Waals surface area contributed by atoms with Gasteiger partial charge in [0.05, 0.1) is 11.8 Å². The fraction of sp³-hybridized carbons (Fsp3) is 0. The number of halogens is 2. The van der Waals surface area contributed by atoms with E-state index in [0.29, 0.717) is 0 Å². The van der Waals surface area contributed by atoms with Gasteiger partial charge in [-0.25, -0.2) is 8.78 Å². The van der Waals surface area contributed by atoms with Gasteiger partial charge in [-0.2, -0.15) is 10.4 Å². The third-order valence-corrected chi connectivity index (χ3v) is 2.05. The second-order valence-electron chi connectivity index (χ2n) is 3.13. The van der Waals surface area contributed by atoms with E-state index < -0.39 is 11.6 Å². The summed E-state index contributed by atoms with van der Waals surface area (Å²) in [6, 6.07) is 6.70. The minimum absolute atomic E-state index is 0.0130. The molecule has 0 saturated heterocycles. The van der Waals surface area contributed by atoms with Gasteiger partial charge in [0.2, 0.25) is 0 Å². The number of hydrogen-bond acceptors (Lipinski definition) is 4. The highest BCUT2D eigenvalue weighted by Crippen LogP contribution is 2.23. The maximum absolute atomic E-state index is 13.3. The molecule has 0 amide bonds. The standard InChI is InChI=1S/C11H6F2N4/c12-8-2-1-3-9(13)10(8)16-11-7(6-14)4-5-15-17-11/h1-5H,(H,16,17). The predicted molar refractivity (Wildman–Crippen MR) is 56.4 cm³/mol. The quantitative estimate of drug-likeness (QED) is 0.863. The molecule has 0 aliphatic heterocycles. The highest BCUT2D eigenvalue weighted by Gasteiger charge is 2.11. The van der Waals surface area contributed by atoms with Crippen molar-refractivity contribution in [2.24, 2.45) is 0 Å². The van der Waals surface area contributed by atoms with E-state index in [1.165, 1.54) is 18.3 Å². The van der Waals surface area contributed by atoms with Gasteiger partial charge in [-0.15, -0.1) is 5.10 Å². The Morgan fingerprint density at radius 2 is 1.88 bits per heavy atom. The molecule has 0 radical (unpaired) electrons. The molecule has 0 atom stereocenters. The Balaban J connectivity index is 2.42. The van der Waals surface area contributed by atoms with Crippen molar-refractivity contribution in [3.63, 3.8) is 0 Å². The smallest absolute Gasteiger partial charge is 0.171 e. The van der Waals surface area contributed by atoms with Crippen molar-refractivity contribution in [1.29, 1.82) is 5.26 Å². The van der Waals surface area contributed by atoms with Crippen LogP contribution in [0.3, 0.4) is 0 Å². The lowest BCUT2D eigenvalue weighted by atomic mass is 10.2. The predicted octanol–water partition coefficient (Wildman–Crippen LogP) is 2.37. The van der Waals surface area contributed by atoms with Crippen molar-refractivity contribution >= 4 is 11.5 Å². The summed E-state index contributed by atoms with van der Waals surface area (Å²) in [5.74, 6) is -1.52. The molecule has 17 heavy (non-hydrogen) atoms. The van der Waals surface area contributed by atoms with Gasteiger partial charge < -0.3 is 5.32 Å². The molecule has 1 aromatic heterocycles. The molecule has 0 aliphatic carbocycles. The van der Waals surface area contributed by atoms with Crippen LogP contribution in [0.4, 0.5) is 20.3 Å². The minimum atomic E-state index is -0.764. The number of nitriles is 1. The number of rotatable bonds is 2. The summed E-state index contributed by atoms with van der Waals surface area (Å²) < 4.78 is 26.7. The molecule has 1 aromatic carbocycles. The van der Waals surface area contributed by atoms with E-state index in [9.17, 15) is 8.78 Å². The van der Waals surface area contributed by atoms with E-state index in [1.807, 2.05) is 6.07 Å². The summed E-state index contributed by atoms with van der Waals surface area (Å²) >= 11 is 0. The average molecular weight is 232 g/mol. The van der Waals surface area contributed by atoms with Crippen LogP contribution in [-0.4, -0.2) is 10.2 Å². The van der Waals surface area contributed by atoms with Crippen LogP contribution in [-0.2, 0) is 0 Å². The normalized spacial score (nSPS) is 9.71. The van der Waals surface area contributed by atoms with Crippen LogP contribution in [0.1, 0.15) is 5.56 Å². The van der Waals surface area contributed by atoms with Gasteiger partial charge in [0, 0.05) is 0 Å². The van der Waals surface area contributed by atoms with E-state index >= 15 is 0 Å². The molecular weight excluding hydrogens is 226 g/mol. The molecule has 0 bridgehead atoms. The van der Waals surface area contributed by atoms with Crippen LogP contribution >= 0.6 is 0 Å². The second kappa shape index (κ2) is 4.53. The molecule has 6 heteroatoms. The molecule has 0 spiro atoms. The highest BCUT2D eigenvalue weighted by atomic mass is 19.1. The second-order valence-corrected chi connectivity index (χ2v) is 3.13. The molecule has 1 N–H and O–H groups in total. The lowest BCUT2D eigenvalue weighted by molar-refractivity contribution is 0.590. The van der Waals surface area contributed by atoms with Crippen molar-refractivity contribution in [2.45, 2.75) is 0 Å². The van der Waals surface area contributed by atoms with Gasteiger partial charge in [-0.05, 0) is 18.2 Å². The molecule has 2 aromatic rings. The molecule has 0 unspecified atom stereocenters. The molecule has 0 saturated carbocycles. The van der Waals surface area contributed by atoms with Gasteiger partial charge in [-0.1, -0.05) is 6.07 Å². The zero-order valence-corrected chi connectivity index (χ0v) is 8.48. The fourth-order valence-electron chi connectivity index (χ4n) is 1.25. The summed E-state index contributed by atoms with van der Waals surface area (Å²) in [6.45, 7) is 0. The summed E-state index contributed by atoms with van der Waals surface area (Å²) in [6.07, 6.45) is 1.32. The zero-order chi connectivity index (χ0) is 12.3. The van der Waals surface area contributed by atoms with E-state index in [4.69, 9.17) is 5.26 Å². The third-order valence-electron chi connectivity index (χ3n) is 2.05. The lowest BCUT2D eigenvalue weighted by Crippen LogP contribution is -2.02. The minimum Gasteiger partial charge on any atom is -0.333 e. The number of nitrogens with zero attached hydrogens (tertiary/aromatic N) is 3. The van der Waals surface area contributed by atoms with Crippen molar-refractivity contribution < 1.29 is 8.78 Å². The van der Waals surface area contributed by atoms with Gasteiger partial charge in [0.15, 0.2) is 5.82 Å². The first-order valence-electron chi connectivity index (χ1n) is 4.65. The molecule has 0 fully saturated rings. The van der Waals surface area contributed by atoms with Gasteiger partial charge >= 0.3 is 0 Å². The number of nitrogens with one attached hydrogen (secondary N) is 1. The maximum atomic E-state index is 13.3. The van der Waals surface area contributed by atoms with Crippen molar-refractivity contribution in [2.75, 3.05) is 5.32 Å². The Labute approximate surface area is 95.5 Å².